The van der Waals surface area contributed by atoms with E-state index >= 15 is 0 Å². The van der Waals surface area contributed by atoms with Gasteiger partial charge in [-0.15, -0.1) is 0 Å². The summed E-state index contributed by atoms with van der Waals surface area (Å²) in [5, 5.41) is 0.377. The number of hydrogen-bond donors (Lipinski definition) is 2. The molecule has 0 fully saturated rings. The van der Waals surface area contributed by atoms with Crippen LogP contribution < -0.4 is 17.0 Å². The second-order valence-electron chi connectivity index (χ2n) is 3.70. The number of aryl methyl sites for hydroxylation is 1. The van der Waals surface area contributed by atoms with Gasteiger partial charge in [-0.05, 0) is 0 Å². The van der Waals surface area contributed by atoms with Crippen molar-refractivity contribution in [2.45, 2.75) is 5.16 Å². The Balaban J connectivity index is 2.61. The summed E-state index contributed by atoms with van der Waals surface area (Å²) < 4.78 is 2.25. The van der Waals surface area contributed by atoms with E-state index in [0.29, 0.717) is 5.16 Å². The van der Waals surface area contributed by atoms with Gasteiger partial charge in [0.25, 0.3) is 5.56 Å². The number of aromatic amines is 1. The van der Waals surface area contributed by atoms with Crippen molar-refractivity contribution < 1.29 is 4.79 Å². The molecule has 0 aromatic carbocycles. The predicted molar refractivity (Wildman–Crippen MR) is 66.5 cm³/mol. The van der Waals surface area contributed by atoms with Crippen LogP contribution in [0.4, 0.5) is 0 Å². The smallest absolute Gasteiger partial charge is 0.332 e. The maximum atomic E-state index is 11.8. The second-order valence-corrected chi connectivity index (χ2v) is 4.67. The van der Waals surface area contributed by atoms with Crippen molar-refractivity contribution in [2.24, 2.45) is 19.8 Å². The predicted octanol–water partition coefficient (Wildman–Crippen LogP) is -1.46. The van der Waals surface area contributed by atoms with E-state index in [2.05, 4.69) is 9.97 Å². The molecular weight excluding hydrogens is 258 g/mol. The maximum Gasteiger partial charge on any atom is 0.332 e. The molecule has 2 heterocycles. The van der Waals surface area contributed by atoms with E-state index in [-0.39, 0.29) is 16.9 Å². The number of imidazole rings is 1. The van der Waals surface area contributed by atoms with Gasteiger partial charge in [0.05, 0.1) is 5.75 Å². The molecule has 0 aliphatic heterocycles. The lowest BCUT2D eigenvalue weighted by Crippen LogP contribution is -2.36. The minimum absolute atomic E-state index is 0.0497. The quantitative estimate of drug-likeness (QED) is 0.660. The summed E-state index contributed by atoms with van der Waals surface area (Å²) in [4.78, 5) is 41.0. The summed E-state index contributed by atoms with van der Waals surface area (Å²) in [6.45, 7) is 0. The van der Waals surface area contributed by atoms with Crippen LogP contribution in [0.3, 0.4) is 0 Å². The zero-order chi connectivity index (χ0) is 13.4. The van der Waals surface area contributed by atoms with Crippen molar-refractivity contribution in [1.29, 1.82) is 0 Å². The average Bonchev–Trinajstić information content (AvgIpc) is 2.75. The van der Waals surface area contributed by atoms with Gasteiger partial charge < -0.3 is 10.7 Å². The molecule has 0 spiro atoms. The van der Waals surface area contributed by atoms with E-state index in [9.17, 15) is 14.4 Å². The van der Waals surface area contributed by atoms with Gasteiger partial charge >= 0.3 is 5.69 Å². The van der Waals surface area contributed by atoms with Crippen molar-refractivity contribution in [2.75, 3.05) is 5.75 Å². The van der Waals surface area contributed by atoms with Gasteiger partial charge in [0.15, 0.2) is 16.3 Å². The molecule has 9 heteroatoms. The molecule has 0 unspecified atom stereocenters. The third-order valence-corrected chi connectivity index (χ3v) is 3.32. The van der Waals surface area contributed by atoms with E-state index in [0.717, 1.165) is 16.3 Å². The van der Waals surface area contributed by atoms with Crippen LogP contribution in [0.15, 0.2) is 14.7 Å². The number of thioether (sulfide) groups is 1. The van der Waals surface area contributed by atoms with E-state index in [1.54, 1.807) is 0 Å². The first-order valence-corrected chi connectivity index (χ1v) is 5.97. The van der Waals surface area contributed by atoms with Crippen molar-refractivity contribution in [3.05, 3.63) is 20.8 Å². The average molecular weight is 269 g/mol. The van der Waals surface area contributed by atoms with E-state index < -0.39 is 17.2 Å². The Labute approximate surface area is 105 Å². The summed E-state index contributed by atoms with van der Waals surface area (Å²) in [5.41, 5.74) is 4.60. The fourth-order valence-corrected chi connectivity index (χ4v) is 2.12. The van der Waals surface area contributed by atoms with Crippen molar-refractivity contribution >= 4 is 28.8 Å². The molecule has 0 aliphatic rings. The number of primary amides is 1. The zero-order valence-corrected chi connectivity index (χ0v) is 10.6. The van der Waals surface area contributed by atoms with Crippen LogP contribution in [0.2, 0.25) is 0 Å². The number of fused-ring (bicyclic) bond motifs is 1. The number of nitrogens with two attached hydrogens (primary N) is 1. The number of hydrogen-bond acceptors (Lipinski definition) is 5. The fourth-order valence-electron chi connectivity index (χ4n) is 1.51. The molecule has 0 saturated heterocycles. The second kappa shape index (κ2) is 4.33. The van der Waals surface area contributed by atoms with Crippen molar-refractivity contribution in [3.63, 3.8) is 0 Å². The summed E-state index contributed by atoms with van der Waals surface area (Å²) >= 11 is 1.08. The minimum atomic E-state index is -0.484. The Hall–Kier alpha value is -2.03. The van der Waals surface area contributed by atoms with Crippen LogP contribution in [-0.2, 0) is 18.9 Å². The van der Waals surface area contributed by atoms with E-state index in [1.165, 1.54) is 18.7 Å². The van der Waals surface area contributed by atoms with Gasteiger partial charge in [-0.1, -0.05) is 11.8 Å². The van der Waals surface area contributed by atoms with Gasteiger partial charge in [0.1, 0.15) is 0 Å². The first-order valence-electron chi connectivity index (χ1n) is 4.98. The highest BCUT2D eigenvalue weighted by Crippen LogP contribution is 2.15. The molecule has 1 amide bonds. The highest BCUT2D eigenvalue weighted by atomic mass is 32.2. The van der Waals surface area contributed by atoms with Crippen molar-refractivity contribution in [3.8, 4) is 0 Å². The number of carbonyl (C=O) groups excluding carboxylic acids is 1. The molecule has 0 atom stereocenters. The minimum Gasteiger partial charge on any atom is -0.369 e. The fraction of sp³-hybridized carbons (Fsp3) is 0.333. The molecular formula is C9H11N5O3S. The van der Waals surface area contributed by atoms with Crippen LogP contribution in [-0.4, -0.2) is 30.8 Å². The molecule has 0 radical (unpaired) electrons. The van der Waals surface area contributed by atoms with Crippen LogP contribution in [0.25, 0.3) is 11.2 Å². The highest BCUT2D eigenvalue weighted by molar-refractivity contribution is 7.99. The Morgan fingerprint density at radius 3 is 2.67 bits per heavy atom. The monoisotopic (exact) mass is 269 g/mol. The van der Waals surface area contributed by atoms with Crippen LogP contribution in [0, 0.1) is 0 Å². The van der Waals surface area contributed by atoms with Gasteiger partial charge in [0, 0.05) is 14.1 Å². The summed E-state index contributed by atoms with van der Waals surface area (Å²) in [5.74, 6) is -0.434. The SMILES string of the molecule is Cn1c(=O)c2[nH]c(SCC(N)=O)nc2n(C)c1=O. The molecule has 2 aromatic heterocycles. The summed E-state index contributed by atoms with van der Waals surface area (Å²) in [6, 6.07) is 0. The van der Waals surface area contributed by atoms with E-state index in [1.807, 2.05) is 0 Å². The van der Waals surface area contributed by atoms with Gasteiger partial charge in [-0.3, -0.25) is 18.7 Å². The lowest BCUT2D eigenvalue weighted by molar-refractivity contribution is -0.115. The molecule has 0 bridgehead atoms. The summed E-state index contributed by atoms with van der Waals surface area (Å²) in [6.07, 6.45) is 0. The number of rotatable bonds is 3. The Bertz CT molecular complexity index is 741. The van der Waals surface area contributed by atoms with Crippen LogP contribution in [0.1, 0.15) is 0 Å². The third-order valence-electron chi connectivity index (χ3n) is 2.42. The summed E-state index contributed by atoms with van der Waals surface area (Å²) in [7, 11) is 2.91. The first kappa shape index (κ1) is 12.4. The number of nitrogens with zero attached hydrogens (tertiary/aromatic N) is 3. The molecule has 2 rings (SSSR count). The lowest BCUT2D eigenvalue weighted by atomic mass is 10.5. The van der Waals surface area contributed by atoms with Crippen LogP contribution >= 0.6 is 11.8 Å². The zero-order valence-electron chi connectivity index (χ0n) is 9.76. The number of aromatic nitrogens is 4. The van der Waals surface area contributed by atoms with Gasteiger partial charge in [-0.25, -0.2) is 9.78 Å². The third kappa shape index (κ3) is 1.92. The normalized spacial score (nSPS) is 11.0. The van der Waals surface area contributed by atoms with Crippen molar-refractivity contribution in [1.82, 2.24) is 19.1 Å². The molecule has 0 saturated carbocycles. The Kier molecular flexibility index (Phi) is 2.99. The van der Waals surface area contributed by atoms with Gasteiger partial charge in [0.2, 0.25) is 5.91 Å². The first-order chi connectivity index (χ1) is 8.41. The number of nitrogens with one attached hydrogen (secondary N) is 1. The largest absolute Gasteiger partial charge is 0.369 e. The van der Waals surface area contributed by atoms with Gasteiger partial charge in [-0.2, -0.15) is 0 Å². The lowest BCUT2D eigenvalue weighted by Gasteiger charge is -2.00. The molecule has 0 aliphatic carbocycles. The number of H-pyrrole nitrogens is 1. The molecule has 3 N–H and O–H groups in total. The molecule has 8 nitrogen and oxygen atoms in total. The topological polar surface area (TPSA) is 116 Å². The molecule has 96 valence electrons. The number of amides is 1. The maximum absolute atomic E-state index is 11.8. The Morgan fingerprint density at radius 1 is 1.39 bits per heavy atom. The van der Waals surface area contributed by atoms with E-state index in [4.69, 9.17) is 5.73 Å². The Morgan fingerprint density at radius 2 is 2.06 bits per heavy atom. The highest BCUT2D eigenvalue weighted by Gasteiger charge is 2.13. The molecule has 18 heavy (non-hydrogen) atoms. The van der Waals surface area contributed by atoms with Crippen LogP contribution in [0.5, 0.6) is 0 Å². The standard InChI is InChI=1S/C9H11N5O3S/c1-13-6-5(7(16)14(2)9(13)17)11-8(12-6)18-3-4(10)15/h3H2,1-2H3,(H2,10,15)(H,11,12). The number of carbonyl (C=O) groups is 1. The molecule has 2 aromatic rings.